The highest BCUT2D eigenvalue weighted by Crippen LogP contribution is 2.30. The second-order valence-electron chi connectivity index (χ2n) is 5.36. The van der Waals surface area contributed by atoms with Gasteiger partial charge in [0, 0.05) is 17.0 Å². The fourth-order valence-corrected chi connectivity index (χ4v) is 3.55. The predicted molar refractivity (Wildman–Crippen MR) is 90.9 cm³/mol. The third kappa shape index (κ3) is 2.92. The van der Waals surface area contributed by atoms with Crippen LogP contribution in [0.2, 0.25) is 0 Å². The van der Waals surface area contributed by atoms with Crippen molar-refractivity contribution in [2.75, 3.05) is 0 Å². The molecule has 0 N–H and O–H groups in total. The summed E-state index contributed by atoms with van der Waals surface area (Å²) in [5, 5.41) is 0.777. The van der Waals surface area contributed by atoms with E-state index in [1.807, 2.05) is 6.92 Å². The Hall–Kier alpha value is -2.60. The van der Waals surface area contributed by atoms with E-state index in [1.54, 1.807) is 37.3 Å². The lowest BCUT2D eigenvalue weighted by Crippen LogP contribution is -2.11. The summed E-state index contributed by atoms with van der Waals surface area (Å²) in [6.07, 6.45) is 0.671. The van der Waals surface area contributed by atoms with Gasteiger partial charge in [-0.3, -0.25) is 0 Å². The molecule has 0 saturated heterocycles. The monoisotopic (exact) mass is 344 g/mol. The van der Waals surface area contributed by atoms with Crippen molar-refractivity contribution in [2.45, 2.75) is 25.2 Å². The molecule has 0 aliphatic heterocycles. The minimum Gasteiger partial charge on any atom is -0.422 e. The molecule has 0 aliphatic rings. The summed E-state index contributed by atoms with van der Waals surface area (Å²) in [6, 6.07) is 12.6. The minimum atomic E-state index is -3.95. The van der Waals surface area contributed by atoms with Crippen molar-refractivity contribution in [1.82, 2.24) is 0 Å². The Bertz CT molecular complexity index is 1050. The molecule has 6 heteroatoms. The normalized spacial score (nSPS) is 11.6. The van der Waals surface area contributed by atoms with Crippen molar-refractivity contribution in [3.8, 4) is 5.75 Å². The van der Waals surface area contributed by atoms with Gasteiger partial charge in [-0.1, -0.05) is 25.1 Å². The molecule has 124 valence electrons. The van der Waals surface area contributed by atoms with E-state index in [0.717, 1.165) is 10.9 Å². The van der Waals surface area contributed by atoms with Crippen LogP contribution in [-0.2, 0) is 16.5 Å². The maximum Gasteiger partial charge on any atom is 0.339 e. The molecule has 3 rings (SSSR count). The third-order valence-electron chi connectivity index (χ3n) is 3.81. The van der Waals surface area contributed by atoms with Crippen LogP contribution in [-0.4, -0.2) is 8.42 Å². The van der Waals surface area contributed by atoms with Gasteiger partial charge in [0.05, 0.1) is 0 Å². The number of rotatable bonds is 4. The fourth-order valence-electron chi connectivity index (χ4n) is 2.54. The summed E-state index contributed by atoms with van der Waals surface area (Å²) < 4.78 is 35.2. The SMILES string of the molecule is CCc1cc(=O)oc2c(C)c(OS(=O)(=O)c3ccccc3)ccc12. The first-order chi connectivity index (χ1) is 11.4. The second kappa shape index (κ2) is 6.13. The molecule has 0 unspecified atom stereocenters. The van der Waals surface area contributed by atoms with Crippen LogP contribution in [0, 0.1) is 6.92 Å². The van der Waals surface area contributed by atoms with E-state index in [9.17, 15) is 13.2 Å². The van der Waals surface area contributed by atoms with Gasteiger partial charge >= 0.3 is 15.7 Å². The van der Waals surface area contributed by atoms with Crippen LogP contribution in [0.3, 0.4) is 0 Å². The number of hydrogen-bond donors (Lipinski definition) is 0. The molecule has 0 atom stereocenters. The van der Waals surface area contributed by atoms with Gasteiger partial charge in [-0.25, -0.2) is 4.79 Å². The van der Waals surface area contributed by atoms with E-state index < -0.39 is 15.7 Å². The summed E-state index contributed by atoms with van der Waals surface area (Å²) in [7, 11) is -3.95. The Morgan fingerprint density at radius 3 is 2.46 bits per heavy atom. The highest BCUT2D eigenvalue weighted by atomic mass is 32.2. The van der Waals surface area contributed by atoms with Crippen molar-refractivity contribution >= 4 is 21.1 Å². The predicted octanol–water partition coefficient (Wildman–Crippen LogP) is 3.43. The number of hydrogen-bond acceptors (Lipinski definition) is 5. The molecule has 0 bridgehead atoms. The zero-order valence-electron chi connectivity index (χ0n) is 13.3. The van der Waals surface area contributed by atoms with Crippen LogP contribution in [0.4, 0.5) is 0 Å². The smallest absolute Gasteiger partial charge is 0.339 e. The molecule has 1 heterocycles. The molecule has 1 aromatic heterocycles. The Kier molecular flexibility index (Phi) is 4.15. The molecule has 5 nitrogen and oxygen atoms in total. The number of fused-ring (bicyclic) bond motifs is 1. The highest BCUT2D eigenvalue weighted by molar-refractivity contribution is 7.87. The molecule has 0 radical (unpaired) electrons. The lowest BCUT2D eigenvalue weighted by Gasteiger charge is -2.12. The highest BCUT2D eigenvalue weighted by Gasteiger charge is 2.19. The van der Waals surface area contributed by atoms with Gasteiger partial charge < -0.3 is 8.60 Å². The summed E-state index contributed by atoms with van der Waals surface area (Å²) in [5.74, 6) is 0.141. The van der Waals surface area contributed by atoms with E-state index in [4.69, 9.17) is 8.60 Å². The van der Waals surface area contributed by atoms with Crippen molar-refractivity contribution < 1.29 is 17.0 Å². The van der Waals surface area contributed by atoms with Gasteiger partial charge in [-0.15, -0.1) is 0 Å². The maximum atomic E-state index is 12.4. The topological polar surface area (TPSA) is 73.6 Å². The van der Waals surface area contributed by atoms with Gasteiger partial charge in [0.25, 0.3) is 0 Å². The average molecular weight is 344 g/mol. The molecule has 2 aromatic carbocycles. The summed E-state index contributed by atoms with van der Waals surface area (Å²) in [5.41, 5.74) is 1.20. The lowest BCUT2D eigenvalue weighted by atomic mass is 10.0. The Morgan fingerprint density at radius 2 is 1.79 bits per heavy atom. The van der Waals surface area contributed by atoms with Crippen molar-refractivity contribution in [3.63, 3.8) is 0 Å². The molecule has 0 saturated carbocycles. The van der Waals surface area contributed by atoms with Crippen LogP contribution in [0.5, 0.6) is 5.75 Å². The molecular weight excluding hydrogens is 328 g/mol. The van der Waals surface area contributed by atoms with Crippen LogP contribution in [0.25, 0.3) is 11.0 Å². The largest absolute Gasteiger partial charge is 0.422 e. The van der Waals surface area contributed by atoms with E-state index in [2.05, 4.69) is 0 Å². The van der Waals surface area contributed by atoms with Gasteiger partial charge in [0.1, 0.15) is 16.2 Å². The first-order valence-corrected chi connectivity index (χ1v) is 8.89. The van der Waals surface area contributed by atoms with Gasteiger partial charge in [0.2, 0.25) is 0 Å². The zero-order chi connectivity index (χ0) is 17.3. The van der Waals surface area contributed by atoms with Crippen molar-refractivity contribution in [2.24, 2.45) is 0 Å². The number of benzene rings is 2. The van der Waals surface area contributed by atoms with Crippen molar-refractivity contribution in [3.05, 3.63) is 70.1 Å². The van der Waals surface area contributed by atoms with Crippen LogP contribution in [0.1, 0.15) is 18.1 Å². The standard InChI is InChI=1S/C18H16O5S/c1-3-13-11-17(19)22-18-12(2)16(10-9-15(13)18)23-24(20,21)14-7-5-4-6-8-14/h4-11H,3H2,1-2H3. The quantitative estimate of drug-likeness (QED) is 0.535. The molecule has 3 aromatic rings. The lowest BCUT2D eigenvalue weighted by molar-refractivity contribution is 0.482. The summed E-state index contributed by atoms with van der Waals surface area (Å²) in [6.45, 7) is 3.61. The van der Waals surface area contributed by atoms with Crippen LogP contribution >= 0.6 is 0 Å². The first kappa shape index (κ1) is 16.3. The van der Waals surface area contributed by atoms with E-state index in [-0.39, 0.29) is 10.6 Å². The van der Waals surface area contributed by atoms with E-state index >= 15 is 0 Å². The Morgan fingerprint density at radius 1 is 1.08 bits per heavy atom. The second-order valence-corrected chi connectivity index (χ2v) is 6.91. The molecular formula is C18H16O5S. The van der Waals surface area contributed by atoms with Gasteiger partial charge in [-0.2, -0.15) is 8.42 Å². The molecule has 0 amide bonds. The zero-order valence-corrected chi connectivity index (χ0v) is 14.1. The van der Waals surface area contributed by atoms with Gasteiger partial charge in [0.15, 0.2) is 0 Å². The first-order valence-electron chi connectivity index (χ1n) is 7.48. The van der Waals surface area contributed by atoms with Crippen molar-refractivity contribution in [1.29, 1.82) is 0 Å². The molecule has 0 aliphatic carbocycles. The Labute approximate surface area is 139 Å². The van der Waals surface area contributed by atoms with Crippen LogP contribution < -0.4 is 9.81 Å². The molecule has 0 fully saturated rings. The van der Waals surface area contributed by atoms with Crippen LogP contribution in [0.15, 0.2) is 62.6 Å². The van der Waals surface area contributed by atoms with E-state index in [1.165, 1.54) is 18.2 Å². The summed E-state index contributed by atoms with van der Waals surface area (Å²) in [4.78, 5) is 11.8. The fraction of sp³-hybridized carbons (Fsp3) is 0.167. The average Bonchev–Trinajstić information content (AvgIpc) is 2.58. The summed E-state index contributed by atoms with van der Waals surface area (Å²) >= 11 is 0. The third-order valence-corrected chi connectivity index (χ3v) is 5.06. The van der Waals surface area contributed by atoms with E-state index in [0.29, 0.717) is 17.6 Å². The Balaban J connectivity index is 2.12. The number of aryl methyl sites for hydroxylation is 2. The molecule has 0 spiro atoms. The minimum absolute atomic E-state index is 0.0632. The molecule has 24 heavy (non-hydrogen) atoms. The van der Waals surface area contributed by atoms with Gasteiger partial charge in [-0.05, 0) is 43.2 Å². The maximum absolute atomic E-state index is 12.4.